The monoisotopic (exact) mass is 272 g/mol. The molecule has 3 aliphatic heterocycles. The van der Waals surface area contributed by atoms with E-state index in [9.17, 15) is 13.2 Å². The van der Waals surface area contributed by atoms with Crippen molar-refractivity contribution in [2.24, 2.45) is 5.92 Å². The van der Waals surface area contributed by atoms with E-state index in [4.69, 9.17) is 0 Å². The van der Waals surface area contributed by atoms with E-state index in [0.717, 1.165) is 12.8 Å². The van der Waals surface area contributed by atoms with Crippen LogP contribution in [-0.2, 0) is 14.6 Å². The van der Waals surface area contributed by atoms with Crippen molar-refractivity contribution in [3.05, 3.63) is 0 Å². The lowest BCUT2D eigenvalue weighted by molar-refractivity contribution is -0.126. The number of sulfone groups is 1. The second-order valence-corrected chi connectivity index (χ2v) is 8.13. The van der Waals surface area contributed by atoms with Gasteiger partial charge in [-0.3, -0.25) is 4.79 Å². The maximum Gasteiger partial charge on any atom is 0.224 e. The lowest BCUT2D eigenvalue weighted by Gasteiger charge is -2.26. The highest BCUT2D eigenvalue weighted by Gasteiger charge is 2.43. The first-order valence-electron chi connectivity index (χ1n) is 6.80. The van der Waals surface area contributed by atoms with Gasteiger partial charge in [0.15, 0.2) is 0 Å². The zero-order chi connectivity index (χ0) is 12.8. The van der Waals surface area contributed by atoms with Crippen molar-refractivity contribution in [3.8, 4) is 0 Å². The predicted octanol–water partition coefficient (Wildman–Crippen LogP) is -0.180. The third-order valence-electron chi connectivity index (χ3n) is 4.54. The fraction of sp³-hybridized carbons (Fsp3) is 0.917. The molecule has 3 fully saturated rings. The summed E-state index contributed by atoms with van der Waals surface area (Å²) < 4.78 is 22.6. The maximum absolute atomic E-state index is 12.2. The van der Waals surface area contributed by atoms with Crippen molar-refractivity contribution in [1.29, 1.82) is 0 Å². The van der Waals surface area contributed by atoms with Crippen LogP contribution >= 0.6 is 0 Å². The van der Waals surface area contributed by atoms with Crippen molar-refractivity contribution in [1.82, 2.24) is 10.6 Å². The molecule has 0 aromatic rings. The first-order valence-corrected chi connectivity index (χ1v) is 8.62. The van der Waals surface area contributed by atoms with Gasteiger partial charge in [-0.05, 0) is 32.1 Å². The molecule has 6 heteroatoms. The quantitative estimate of drug-likeness (QED) is 0.731. The summed E-state index contributed by atoms with van der Waals surface area (Å²) in [7, 11) is -2.84. The molecule has 0 radical (unpaired) electrons. The van der Waals surface area contributed by atoms with E-state index in [1.807, 2.05) is 0 Å². The first kappa shape index (κ1) is 12.4. The van der Waals surface area contributed by atoms with Crippen molar-refractivity contribution >= 4 is 15.7 Å². The molecule has 3 unspecified atom stereocenters. The normalized spacial score (nSPS) is 38.8. The van der Waals surface area contributed by atoms with E-state index < -0.39 is 9.84 Å². The SMILES string of the molecule is O=C(NC1CCS(=O)(=O)CC1)C1CC2CCC1N2. The van der Waals surface area contributed by atoms with Gasteiger partial charge in [0.2, 0.25) is 5.91 Å². The molecular weight excluding hydrogens is 252 g/mol. The number of rotatable bonds is 2. The molecule has 18 heavy (non-hydrogen) atoms. The van der Waals surface area contributed by atoms with Crippen LogP contribution in [0.2, 0.25) is 0 Å². The van der Waals surface area contributed by atoms with E-state index in [1.54, 1.807) is 0 Å². The fourth-order valence-electron chi connectivity index (χ4n) is 3.46. The van der Waals surface area contributed by atoms with Gasteiger partial charge in [-0.15, -0.1) is 0 Å². The summed E-state index contributed by atoms with van der Waals surface area (Å²) in [6.45, 7) is 0. The Labute approximate surface area is 108 Å². The van der Waals surface area contributed by atoms with Crippen LogP contribution in [0.3, 0.4) is 0 Å². The lowest BCUT2D eigenvalue weighted by Crippen LogP contribution is -2.45. The van der Waals surface area contributed by atoms with Crippen LogP contribution in [0.15, 0.2) is 0 Å². The number of carbonyl (C=O) groups excluding carboxylic acids is 1. The molecule has 0 saturated carbocycles. The van der Waals surface area contributed by atoms with Crippen LogP contribution in [0, 0.1) is 5.92 Å². The van der Waals surface area contributed by atoms with E-state index in [1.165, 1.54) is 6.42 Å². The predicted molar refractivity (Wildman–Crippen MR) is 67.9 cm³/mol. The molecule has 3 heterocycles. The van der Waals surface area contributed by atoms with Gasteiger partial charge in [0.05, 0.1) is 17.4 Å². The second-order valence-electron chi connectivity index (χ2n) is 5.82. The van der Waals surface area contributed by atoms with Gasteiger partial charge in [-0.25, -0.2) is 8.42 Å². The molecular formula is C12H20N2O3S. The van der Waals surface area contributed by atoms with Gasteiger partial charge in [0.1, 0.15) is 9.84 Å². The van der Waals surface area contributed by atoms with Crippen LogP contribution in [0.25, 0.3) is 0 Å². The number of hydrogen-bond donors (Lipinski definition) is 2. The Morgan fingerprint density at radius 2 is 1.83 bits per heavy atom. The smallest absolute Gasteiger partial charge is 0.224 e. The minimum Gasteiger partial charge on any atom is -0.353 e. The minimum absolute atomic E-state index is 0.0557. The number of fused-ring (bicyclic) bond motifs is 2. The highest BCUT2D eigenvalue weighted by atomic mass is 32.2. The zero-order valence-electron chi connectivity index (χ0n) is 10.4. The van der Waals surface area contributed by atoms with Gasteiger partial charge in [-0.2, -0.15) is 0 Å². The van der Waals surface area contributed by atoms with Crippen LogP contribution in [0.5, 0.6) is 0 Å². The van der Waals surface area contributed by atoms with Crippen LogP contribution in [0.1, 0.15) is 32.1 Å². The summed E-state index contributed by atoms with van der Waals surface area (Å²) in [4.78, 5) is 12.2. The summed E-state index contributed by atoms with van der Waals surface area (Å²) in [5.41, 5.74) is 0. The fourth-order valence-corrected chi connectivity index (χ4v) is 4.95. The van der Waals surface area contributed by atoms with E-state index in [-0.39, 0.29) is 29.4 Å². The molecule has 3 aliphatic rings. The largest absolute Gasteiger partial charge is 0.353 e. The average Bonchev–Trinajstić information content (AvgIpc) is 2.94. The molecule has 0 aromatic heterocycles. The number of hydrogen-bond acceptors (Lipinski definition) is 4. The standard InChI is InChI=1S/C12H20N2O3S/c15-12(10-7-9-1-2-11(10)13-9)14-8-3-5-18(16,17)6-4-8/h8-11,13H,1-7H2,(H,14,15). The molecule has 2 N–H and O–H groups in total. The Morgan fingerprint density at radius 1 is 1.11 bits per heavy atom. The zero-order valence-corrected chi connectivity index (χ0v) is 11.2. The highest BCUT2D eigenvalue weighted by molar-refractivity contribution is 7.91. The minimum atomic E-state index is -2.84. The molecule has 102 valence electrons. The van der Waals surface area contributed by atoms with Crippen molar-refractivity contribution in [3.63, 3.8) is 0 Å². The molecule has 5 nitrogen and oxygen atoms in total. The lowest BCUT2D eigenvalue weighted by atomic mass is 9.88. The molecule has 3 rings (SSSR count). The summed E-state index contributed by atoms with van der Waals surface area (Å²) in [6.07, 6.45) is 4.38. The van der Waals surface area contributed by atoms with Crippen molar-refractivity contribution in [2.75, 3.05) is 11.5 Å². The van der Waals surface area contributed by atoms with E-state index in [2.05, 4.69) is 10.6 Å². The Hall–Kier alpha value is -0.620. The molecule has 3 saturated heterocycles. The van der Waals surface area contributed by atoms with E-state index >= 15 is 0 Å². The third kappa shape index (κ3) is 2.40. The van der Waals surface area contributed by atoms with Gasteiger partial charge in [0, 0.05) is 18.1 Å². The van der Waals surface area contributed by atoms with Gasteiger partial charge in [0.25, 0.3) is 0 Å². The Morgan fingerprint density at radius 3 is 2.39 bits per heavy atom. The van der Waals surface area contributed by atoms with E-state index in [0.29, 0.717) is 24.9 Å². The van der Waals surface area contributed by atoms with Gasteiger partial charge in [-0.1, -0.05) is 0 Å². The van der Waals surface area contributed by atoms with Crippen LogP contribution in [0.4, 0.5) is 0 Å². The molecule has 2 bridgehead atoms. The van der Waals surface area contributed by atoms with Gasteiger partial charge >= 0.3 is 0 Å². The second kappa shape index (κ2) is 4.49. The molecule has 0 aromatic carbocycles. The average molecular weight is 272 g/mol. The Kier molecular flexibility index (Phi) is 3.10. The maximum atomic E-state index is 12.2. The van der Waals surface area contributed by atoms with Crippen LogP contribution in [-0.4, -0.2) is 44.0 Å². The van der Waals surface area contributed by atoms with Crippen molar-refractivity contribution in [2.45, 2.75) is 50.2 Å². The molecule has 1 amide bonds. The third-order valence-corrected chi connectivity index (χ3v) is 6.25. The molecule has 0 aliphatic carbocycles. The first-order chi connectivity index (χ1) is 8.53. The summed E-state index contributed by atoms with van der Waals surface area (Å²) in [5, 5.41) is 6.49. The summed E-state index contributed by atoms with van der Waals surface area (Å²) in [5.74, 6) is 0.654. The molecule has 3 atom stereocenters. The summed E-state index contributed by atoms with van der Waals surface area (Å²) >= 11 is 0. The van der Waals surface area contributed by atoms with Crippen molar-refractivity contribution < 1.29 is 13.2 Å². The highest BCUT2D eigenvalue weighted by Crippen LogP contribution is 2.33. The number of nitrogens with one attached hydrogen (secondary N) is 2. The Balaban J connectivity index is 1.53. The van der Waals surface area contributed by atoms with Crippen LogP contribution < -0.4 is 10.6 Å². The topological polar surface area (TPSA) is 75.3 Å². The van der Waals surface area contributed by atoms with Gasteiger partial charge < -0.3 is 10.6 Å². The Bertz CT molecular complexity index is 434. The summed E-state index contributed by atoms with van der Waals surface area (Å²) in [6, 6.07) is 0.931. The number of carbonyl (C=O) groups is 1. The molecule has 0 spiro atoms. The number of amides is 1.